The summed E-state index contributed by atoms with van der Waals surface area (Å²) in [4.78, 5) is 33.0. The van der Waals surface area contributed by atoms with Crippen molar-refractivity contribution < 1.29 is 14.4 Å². The standard InChI is InChI=1S/C10H21NO.C6H16N2.C4H6O2SSe/c1-9(2)7-5-4-6-8-10(12)11-3;1-7-5-4-6-8(2)3;5-3-1-2-4(6)8-7/h9H,4-8H2,1-3H3,(H,11,12);7H,4-6H2,1-3H3;3,7H,1-2H2. The predicted molar refractivity (Wildman–Crippen MR) is 124 cm³/mol. The Morgan fingerprint density at radius 2 is 1.71 bits per heavy atom. The number of nitrogens with zero attached hydrogens (tertiary/aromatic N) is 1. The molecule has 0 radical (unpaired) electrons. The van der Waals surface area contributed by atoms with Gasteiger partial charge < -0.3 is 15.5 Å². The molecule has 0 bridgehead atoms. The van der Waals surface area contributed by atoms with Crippen LogP contribution in [0.4, 0.5) is 0 Å². The molecule has 28 heavy (non-hydrogen) atoms. The third-order valence-corrected chi connectivity index (χ3v) is 5.48. The molecule has 168 valence electrons. The summed E-state index contributed by atoms with van der Waals surface area (Å²) in [5.74, 6) is 0.963. The molecule has 0 aromatic rings. The molecule has 0 unspecified atom stereocenters. The number of hydrogen-bond acceptors (Lipinski definition) is 6. The number of amides is 1. The van der Waals surface area contributed by atoms with Crippen LogP contribution >= 0.6 is 11.0 Å². The van der Waals surface area contributed by atoms with Crippen LogP contribution in [-0.2, 0) is 14.4 Å². The van der Waals surface area contributed by atoms with Crippen LogP contribution in [0.1, 0.15) is 65.2 Å². The maximum absolute atomic E-state index is 10.8. The molecule has 0 saturated heterocycles. The Morgan fingerprint density at radius 1 is 1.07 bits per heavy atom. The summed E-state index contributed by atoms with van der Waals surface area (Å²) in [6, 6.07) is 0. The van der Waals surface area contributed by atoms with Gasteiger partial charge in [-0.3, -0.25) is 4.79 Å². The molecular weight excluding hydrogens is 441 g/mol. The quantitative estimate of drug-likeness (QED) is 0.153. The Kier molecular flexibility index (Phi) is 30.7. The van der Waals surface area contributed by atoms with Crippen molar-refractivity contribution in [3.63, 3.8) is 0 Å². The van der Waals surface area contributed by atoms with Gasteiger partial charge in [-0.25, -0.2) is 0 Å². The fourth-order valence-corrected chi connectivity index (χ4v) is 2.85. The van der Waals surface area contributed by atoms with Gasteiger partial charge in [0.15, 0.2) is 0 Å². The molecule has 0 aromatic heterocycles. The Hall–Kier alpha value is -0.401. The number of thiol groups is 1. The maximum atomic E-state index is 10.8. The van der Waals surface area contributed by atoms with Crippen LogP contribution in [0, 0.1) is 5.92 Å². The normalized spacial score (nSPS) is 9.89. The van der Waals surface area contributed by atoms with Crippen LogP contribution in [0.25, 0.3) is 0 Å². The van der Waals surface area contributed by atoms with Crippen LogP contribution in [0.15, 0.2) is 0 Å². The van der Waals surface area contributed by atoms with Crippen molar-refractivity contribution >= 4 is 41.8 Å². The van der Waals surface area contributed by atoms with Gasteiger partial charge in [0.05, 0.1) is 0 Å². The van der Waals surface area contributed by atoms with Crippen molar-refractivity contribution in [1.29, 1.82) is 0 Å². The molecule has 0 aromatic carbocycles. The molecule has 0 spiro atoms. The van der Waals surface area contributed by atoms with E-state index >= 15 is 0 Å². The van der Waals surface area contributed by atoms with Crippen molar-refractivity contribution in [3.05, 3.63) is 0 Å². The van der Waals surface area contributed by atoms with Crippen molar-refractivity contribution in [3.8, 4) is 0 Å². The van der Waals surface area contributed by atoms with E-state index in [1.807, 2.05) is 7.05 Å². The number of aldehydes is 1. The number of rotatable bonds is 14. The van der Waals surface area contributed by atoms with Crippen LogP contribution in [0.3, 0.4) is 0 Å². The SMILES string of the molecule is CNC(=O)CCCCCC(C)C.CNCCCN(C)C.O=CCCC(=O)[Se]S. The van der Waals surface area contributed by atoms with E-state index in [1.165, 1.54) is 32.2 Å². The summed E-state index contributed by atoms with van der Waals surface area (Å²) in [6.07, 6.45) is 8.16. The monoisotopic (exact) mass is 485 g/mol. The van der Waals surface area contributed by atoms with Gasteiger partial charge in [0, 0.05) is 13.5 Å². The van der Waals surface area contributed by atoms with Gasteiger partial charge in [-0.2, -0.15) is 0 Å². The van der Waals surface area contributed by atoms with E-state index < -0.39 is 0 Å². The first-order chi connectivity index (χ1) is 13.2. The second kappa shape index (κ2) is 26.6. The van der Waals surface area contributed by atoms with Crippen LogP contribution in [0.2, 0.25) is 0 Å². The fraction of sp³-hybridized carbons (Fsp3) is 0.850. The van der Waals surface area contributed by atoms with Gasteiger partial charge >= 0.3 is 58.3 Å². The summed E-state index contributed by atoms with van der Waals surface area (Å²) < 4.78 is 0.0907. The van der Waals surface area contributed by atoms with Gasteiger partial charge in [-0.15, -0.1) is 0 Å². The first-order valence-electron chi connectivity index (χ1n) is 10.0. The summed E-state index contributed by atoms with van der Waals surface area (Å²) in [6.45, 7) is 6.77. The number of carbonyl (C=O) groups excluding carboxylic acids is 3. The Balaban J connectivity index is -0.000000347. The van der Waals surface area contributed by atoms with Crippen LogP contribution in [0.5, 0.6) is 0 Å². The summed E-state index contributed by atoms with van der Waals surface area (Å²) in [5.41, 5.74) is 0. The van der Waals surface area contributed by atoms with Gasteiger partial charge in [0.1, 0.15) is 0 Å². The summed E-state index contributed by atoms with van der Waals surface area (Å²) >= 11 is 3.57. The number of carbonyl (C=O) groups is 3. The zero-order valence-electron chi connectivity index (χ0n) is 18.8. The van der Waals surface area contributed by atoms with E-state index in [2.05, 4.69) is 54.5 Å². The first kappa shape index (κ1) is 32.3. The van der Waals surface area contributed by atoms with Crippen molar-refractivity contribution in [2.45, 2.75) is 65.2 Å². The molecule has 6 nitrogen and oxygen atoms in total. The van der Waals surface area contributed by atoms with Crippen molar-refractivity contribution in [1.82, 2.24) is 15.5 Å². The van der Waals surface area contributed by atoms with Crippen molar-refractivity contribution in [2.75, 3.05) is 41.3 Å². The minimum absolute atomic E-state index is 0.0907. The fourth-order valence-electron chi connectivity index (χ4n) is 1.93. The van der Waals surface area contributed by atoms with Gasteiger partial charge in [-0.05, 0) is 53.0 Å². The van der Waals surface area contributed by atoms with E-state index in [0.29, 0.717) is 19.3 Å². The zero-order chi connectivity index (χ0) is 22.2. The second-order valence-electron chi connectivity index (χ2n) is 7.10. The molecule has 0 aliphatic rings. The van der Waals surface area contributed by atoms with Crippen LogP contribution in [-0.4, -0.2) is 76.9 Å². The summed E-state index contributed by atoms with van der Waals surface area (Å²) in [7, 11) is 7.86. The first-order valence-corrected chi connectivity index (χ1v) is 13.5. The molecule has 0 rings (SSSR count). The third kappa shape index (κ3) is 36.5. The van der Waals surface area contributed by atoms with E-state index in [-0.39, 0.29) is 24.4 Å². The average molecular weight is 485 g/mol. The van der Waals surface area contributed by atoms with E-state index in [4.69, 9.17) is 0 Å². The van der Waals surface area contributed by atoms with E-state index in [0.717, 1.165) is 25.2 Å². The molecule has 2 N–H and O–H groups in total. The Morgan fingerprint density at radius 3 is 2.14 bits per heavy atom. The predicted octanol–water partition coefficient (Wildman–Crippen LogP) is 2.54. The molecule has 0 aliphatic heterocycles. The molecule has 0 heterocycles. The number of hydrogen-bond donors (Lipinski definition) is 3. The molecule has 1 amide bonds. The van der Waals surface area contributed by atoms with Crippen molar-refractivity contribution in [2.24, 2.45) is 5.92 Å². The van der Waals surface area contributed by atoms with Gasteiger partial charge in [0.25, 0.3) is 0 Å². The van der Waals surface area contributed by atoms with E-state index in [1.54, 1.807) is 7.05 Å². The summed E-state index contributed by atoms with van der Waals surface area (Å²) in [5, 5.41) is 5.72. The van der Waals surface area contributed by atoms with Gasteiger partial charge in [-0.1, -0.05) is 33.1 Å². The van der Waals surface area contributed by atoms with Gasteiger partial charge in [0.2, 0.25) is 5.91 Å². The zero-order valence-corrected chi connectivity index (χ0v) is 21.4. The molecule has 0 saturated carbocycles. The molecule has 8 heteroatoms. The third-order valence-electron chi connectivity index (χ3n) is 3.56. The Labute approximate surface area is 184 Å². The Bertz CT molecular complexity index is 371. The average Bonchev–Trinajstić information content (AvgIpc) is 2.66. The van der Waals surface area contributed by atoms with Crippen LogP contribution < -0.4 is 10.6 Å². The second-order valence-corrected chi connectivity index (χ2v) is 9.38. The number of nitrogens with one attached hydrogen (secondary N) is 2. The number of unbranched alkanes of at least 4 members (excludes halogenated alkanes) is 2. The minimum atomic E-state index is -0.219. The topological polar surface area (TPSA) is 78.5 Å². The molecule has 0 fully saturated rings. The molecule has 0 aliphatic carbocycles. The molecular formula is C20H43N3O3SSe. The molecule has 0 atom stereocenters. The van der Waals surface area contributed by atoms with E-state index in [9.17, 15) is 14.4 Å².